The van der Waals surface area contributed by atoms with Crippen molar-refractivity contribution in [2.75, 3.05) is 26.5 Å². The molecular formula is C23H25NO4. The fraction of sp³-hybridized carbons (Fsp3) is 0.348. The minimum Gasteiger partial charge on any atom is -0.454 e. The summed E-state index contributed by atoms with van der Waals surface area (Å²) < 4.78 is 16.5. The Morgan fingerprint density at radius 1 is 1.07 bits per heavy atom. The number of hydrogen-bond donors (Lipinski definition) is 0. The highest BCUT2D eigenvalue weighted by atomic mass is 16.7. The van der Waals surface area contributed by atoms with Crippen molar-refractivity contribution in [1.82, 2.24) is 4.90 Å². The molecule has 0 unspecified atom stereocenters. The van der Waals surface area contributed by atoms with Crippen LogP contribution < -0.4 is 9.47 Å². The van der Waals surface area contributed by atoms with E-state index in [2.05, 4.69) is 12.1 Å². The van der Waals surface area contributed by atoms with Crippen LogP contribution in [0.3, 0.4) is 0 Å². The Labute approximate surface area is 165 Å². The number of benzene rings is 2. The average molecular weight is 379 g/mol. The van der Waals surface area contributed by atoms with Gasteiger partial charge in [0.1, 0.15) is 0 Å². The first kappa shape index (κ1) is 18.6. The zero-order valence-corrected chi connectivity index (χ0v) is 15.9. The number of likely N-dealkylation sites (tertiary alicyclic amines) is 1. The smallest absolute Gasteiger partial charge is 0.246 e. The molecule has 2 aromatic rings. The van der Waals surface area contributed by atoms with Crippen LogP contribution in [0.5, 0.6) is 11.5 Å². The quantitative estimate of drug-likeness (QED) is 0.715. The van der Waals surface area contributed by atoms with E-state index in [1.165, 1.54) is 5.56 Å². The van der Waals surface area contributed by atoms with Gasteiger partial charge in [-0.2, -0.15) is 0 Å². The molecule has 5 nitrogen and oxygen atoms in total. The van der Waals surface area contributed by atoms with Gasteiger partial charge in [0.15, 0.2) is 11.5 Å². The van der Waals surface area contributed by atoms with E-state index in [1.54, 1.807) is 6.08 Å². The van der Waals surface area contributed by atoms with E-state index in [4.69, 9.17) is 14.2 Å². The van der Waals surface area contributed by atoms with Crippen molar-refractivity contribution in [3.63, 3.8) is 0 Å². The molecule has 1 fully saturated rings. The molecule has 0 aromatic heterocycles. The number of carbonyl (C=O) groups is 1. The molecule has 1 amide bonds. The van der Waals surface area contributed by atoms with Gasteiger partial charge in [-0.3, -0.25) is 4.79 Å². The van der Waals surface area contributed by atoms with Crippen LogP contribution in [0.4, 0.5) is 0 Å². The number of piperidine rings is 1. The maximum Gasteiger partial charge on any atom is 0.246 e. The van der Waals surface area contributed by atoms with Gasteiger partial charge in [0, 0.05) is 25.8 Å². The van der Waals surface area contributed by atoms with Crippen LogP contribution in [0.15, 0.2) is 54.6 Å². The van der Waals surface area contributed by atoms with Crippen LogP contribution >= 0.6 is 0 Å². The molecule has 2 heterocycles. The molecule has 2 aromatic carbocycles. The average Bonchev–Trinajstić information content (AvgIpc) is 3.21. The molecule has 0 spiro atoms. The molecule has 0 N–H and O–H groups in total. The largest absolute Gasteiger partial charge is 0.454 e. The summed E-state index contributed by atoms with van der Waals surface area (Å²) in [5, 5.41) is 0. The van der Waals surface area contributed by atoms with Crippen LogP contribution in [0.1, 0.15) is 24.0 Å². The number of carbonyl (C=O) groups excluding carboxylic acids is 1. The lowest BCUT2D eigenvalue weighted by atomic mass is 9.97. The van der Waals surface area contributed by atoms with Gasteiger partial charge in [0.2, 0.25) is 12.7 Å². The van der Waals surface area contributed by atoms with Crippen molar-refractivity contribution >= 4 is 12.0 Å². The Balaban J connectivity index is 1.20. The highest BCUT2D eigenvalue weighted by Crippen LogP contribution is 2.32. The van der Waals surface area contributed by atoms with Crippen LogP contribution in [0.25, 0.3) is 6.08 Å². The number of rotatable bonds is 6. The summed E-state index contributed by atoms with van der Waals surface area (Å²) in [6.07, 6.45) is 5.44. The van der Waals surface area contributed by atoms with Gasteiger partial charge in [0.05, 0.1) is 6.61 Å². The van der Waals surface area contributed by atoms with E-state index < -0.39 is 0 Å². The summed E-state index contributed by atoms with van der Waals surface area (Å²) in [4.78, 5) is 14.4. The van der Waals surface area contributed by atoms with E-state index >= 15 is 0 Å². The molecule has 0 aliphatic carbocycles. The Kier molecular flexibility index (Phi) is 5.92. The van der Waals surface area contributed by atoms with E-state index in [0.717, 1.165) is 49.6 Å². The summed E-state index contributed by atoms with van der Waals surface area (Å²) in [6.45, 7) is 3.22. The normalized spacial score (nSPS) is 16.6. The van der Waals surface area contributed by atoms with Crippen molar-refractivity contribution in [3.8, 4) is 11.5 Å². The Hall–Kier alpha value is -2.79. The monoisotopic (exact) mass is 379 g/mol. The van der Waals surface area contributed by atoms with E-state index in [9.17, 15) is 4.79 Å². The van der Waals surface area contributed by atoms with Gasteiger partial charge in [-0.05, 0) is 48.1 Å². The van der Waals surface area contributed by atoms with Gasteiger partial charge < -0.3 is 19.1 Å². The zero-order valence-electron chi connectivity index (χ0n) is 15.9. The second-order valence-electron chi connectivity index (χ2n) is 7.22. The van der Waals surface area contributed by atoms with Gasteiger partial charge >= 0.3 is 0 Å². The van der Waals surface area contributed by atoms with Crippen molar-refractivity contribution in [2.24, 2.45) is 5.92 Å². The summed E-state index contributed by atoms with van der Waals surface area (Å²) in [6, 6.07) is 15.9. The first-order valence-corrected chi connectivity index (χ1v) is 9.76. The van der Waals surface area contributed by atoms with Gasteiger partial charge in [-0.15, -0.1) is 0 Å². The van der Waals surface area contributed by atoms with Crippen LogP contribution in [0.2, 0.25) is 0 Å². The minimum atomic E-state index is 0.0568. The standard InChI is InChI=1S/C23H25NO4/c25-23(9-7-18-6-8-21-22(14-18)28-17-27-21)24-12-10-20(11-13-24)16-26-15-19-4-2-1-3-5-19/h1-9,14,20H,10-13,15-17H2. The van der Waals surface area contributed by atoms with Crippen molar-refractivity contribution < 1.29 is 19.0 Å². The molecule has 0 radical (unpaired) electrons. The highest BCUT2D eigenvalue weighted by Gasteiger charge is 2.21. The SMILES string of the molecule is O=C(C=Cc1ccc2c(c1)OCO2)N1CCC(COCc2ccccc2)CC1. The lowest BCUT2D eigenvalue weighted by molar-refractivity contribution is -0.127. The molecule has 0 atom stereocenters. The molecular weight excluding hydrogens is 354 g/mol. The number of nitrogens with zero attached hydrogens (tertiary/aromatic N) is 1. The highest BCUT2D eigenvalue weighted by molar-refractivity contribution is 5.91. The predicted octanol–water partition coefficient (Wildman–Crippen LogP) is 3.88. The lowest BCUT2D eigenvalue weighted by Crippen LogP contribution is -2.38. The summed E-state index contributed by atoms with van der Waals surface area (Å²) >= 11 is 0. The fourth-order valence-corrected chi connectivity index (χ4v) is 3.53. The molecule has 2 aliphatic rings. The first-order chi connectivity index (χ1) is 13.8. The number of fused-ring (bicyclic) bond motifs is 1. The number of hydrogen-bond acceptors (Lipinski definition) is 4. The van der Waals surface area contributed by atoms with Crippen molar-refractivity contribution in [2.45, 2.75) is 19.4 Å². The van der Waals surface area contributed by atoms with Crippen LogP contribution in [-0.2, 0) is 16.1 Å². The van der Waals surface area contributed by atoms with Gasteiger partial charge in [-0.1, -0.05) is 36.4 Å². The second-order valence-corrected chi connectivity index (χ2v) is 7.22. The van der Waals surface area contributed by atoms with E-state index in [1.807, 2.05) is 47.4 Å². The Morgan fingerprint density at radius 3 is 2.68 bits per heavy atom. The zero-order chi connectivity index (χ0) is 19.2. The number of amides is 1. The minimum absolute atomic E-state index is 0.0568. The molecule has 0 bridgehead atoms. The third-order valence-corrected chi connectivity index (χ3v) is 5.21. The summed E-state index contributed by atoms with van der Waals surface area (Å²) in [5.41, 5.74) is 2.13. The molecule has 28 heavy (non-hydrogen) atoms. The maximum absolute atomic E-state index is 12.5. The fourth-order valence-electron chi connectivity index (χ4n) is 3.53. The lowest BCUT2D eigenvalue weighted by Gasteiger charge is -2.31. The molecule has 2 aliphatic heterocycles. The topological polar surface area (TPSA) is 48.0 Å². The Bertz CT molecular complexity index is 826. The summed E-state index contributed by atoms with van der Waals surface area (Å²) in [7, 11) is 0. The van der Waals surface area contributed by atoms with E-state index in [0.29, 0.717) is 12.5 Å². The third kappa shape index (κ3) is 4.73. The van der Waals surface area contributed by atoms with Gasteiger partial charge in [0.25, 0.3) is 0 Å². The molecule has 146 valence electrons. The Morgan fingerprint density at radius 2 is 1.86 bits per heavy atom. The van der Waals surface area contributed by atoms with Crippen LogP contribution in [0, 0.1) is 5.92 Å². The third-order valence-electron chi connectivity index (χ3n) is 5.21. The van der Waals surface area contributed by atoms with Crippen molar-refractivity contribution in [1.29, 1.82) is 0 Å². The molecule has 1 saturated heterocycles. The molecule has 0 saturated carbocycles. The number of ether oxygens (including phenoxy) is 3. The van der Waals surface area contributed by atoms with Gasteiger partial charge in [-0.25, -0.2) is 0 Å². The van der Waals surface area contributed by atoms with Crippen LogP contribution in [-0.4, -0.2) is 37.3 Å². The molecule has 4 rings (SSSR count). The maximum atomic E-state index is 12.5. The second kappa shape index (κ2) is 8.93. The van der Waals surface area contributed by atoms with Crippen molar-refractivity contribution in [3.05, 3.63) is 65.7 Å². The molecule has 5 heteroatoms. The predicted molar refractivity (Wildman–Crippen MR) is 107 cm³/mol. The van der Waals surface area contributed by atoms with E-state index in [-0.39, 0.29) is 12.7 Å². The first-order valence-electron chi connectivity index (χ1n) is 9.76. The summed E-state index contributed by atoms with van der Waals surface area (Å²) in [5.74, 6) is 2.05.